The summed E-state index contributed by atoms with van der Waals surface area (Å²) in [7, 11) is 0. The van der Waals surface area contributed by atoms with Crippen molar-refractivity contribution in [1.82, 2.24) is 0 Å². The van der Waals surface area contributed by atoms with Crippen LogP contribution in [0.25, 0.3) is 0 Å². The predicted octanol–water partition coefficient (Wildman–Crippen LogP) is 3.41. The molecule has 1 aromatic carbocycles. The van der Waals surface area contributed by atoms with Gasteiger partial charge in [0.15, 0.2) is 0 Å². The number of rotatable bonds is 3. The van der Waals surface area contributed by atoms with Crippen LogP contribution in [0.15, 0.2) is 35.5 Å². The Morgan fingerprint density at radius 3 is 2.56 bits per heavy atom. The lowest BCUT2D eigenvalue weighted by Crippen LogP contribution is -2.13. The lowest BCUT2D eigenvalue weighted by atomic mass is 10.3. The van der Waals surface area contributed by atoms with E-state index in [2.05, 4.69) is 15.3 Å². The van der Waals surface area contributed by atoms with E-state index in [0.717, 1.165) is 0 Å². The predicted molar refractivity (Wildman–Crippen MR) is 65.1 cm³/mol. The van der Waals surface area contributed by atoms with Gasteiger partial charge in [0.2, 0.25) is 0 Å². The minimum Gasteiger partial charge on any atom is -0.298 e. The fourth-order valence-electron chi connectivity index (χ4n) is 0.815. The number of nitrogens with zero attached hydrogens (tertiary/aromatic N) is 1. The second kappa shape index (κ2) is 6.35. The van der Waals surface area contributed by atoms with Crippen LogP contribution in [0.5, 0.6) is 0 Å². The largest absolute Gasteiger partial charge is 0.437 e. The molecule has 1 N–H and O–H groups in total. The van der Waals surface area contributed by atoms with Crippen molar-refractivity contribution in [2.75, 3.05) is 5.32 Å². The molecule has 0 fully saturated rings. The highest BCUT2D eigenvalue weighted by Gasteiger charge is 2.06. The first-order valence-electron chi connectivity index (χ1n) is 4.45. The van der Waals surface area contributed by atoms with E-state index in [9.17, 15) is 4.79 Å². The number of oxime groups is 1. The monoisotopic (exact) mass is 260 g/mol. The van der Waals surface area contributed by atoms with Gasteiger partial charge in [-0.2, -0.15) is 0 Å². The van der Waals surface area contributed by atoms with Crippen LogP contribution in [0.3, 0.4) is 0 Å². The normalized spacial score (nSPS) is 11.4. The van der Waals surface area contributed by atoms with E-state index in [-0.39, 0.29) is 0 Å². The zero-order valence-electron chi connectivity index (χ0n) is 8.48. The fraction of sp³-hybridized carbons (Fsp3) is 0.200. The first kappa shape index (κ1) is 12.8. The summed E-state index contributed by atoms with van der Waals surface area (Å²) in [4.78, 5) is 15.0. The molecule has 16 heavy (non-hydrogen) atoms. The number of nitrogens with one attached hydrogen (secondary N) is 1. The maximum Gasteiger partial charge on any atom is 0.437 e. The van der Waals surface area contributed by atoms with Crippen molar-refractivity contribution >= 4 is 40.7 Å². The highest BCUT2D eigenvalue weighted by atomic mass is 35.5. The Hall–Kier alpha value is -1.26. The molecule has 86 valence electrons. The Kier molecular flexibility index (Phi) is 5.08. The summed E-state index contributed by atoms with van der Waals surface area (Å²) < 4.78 is 0. The summed E-state index contributed by atoms with van der Waals surface area (Å²) >= 11 is 11.0. The topological polar surface area (TPSA) is 50.7 Å². The maximum absolute atomic E-state index is 11.2. The molecule has 0 saturated heterocycles. The highest BCUT2D eigenvalue weighted by molar-refractivity contribution is 6.54. The van der Waals surface area contributed by atoms with Crippen molar-refractivity contribution < 1.29 is 9.63 Å². The van der Waals surface area contributed by atoms with Crippen molar-refractivity contribution in [3.8, 4) is 0 Å². The molecule has 1 amide bonds. The molecule has 0 bridgehead atoms. The van der Waals surface area contributed by atoms with Gasteiger partial charge in [-0.15, -0.1) is 0 Å². The Labute approximate surface area is 103 Å². The Bertz CT molecular complexity index is 380. The number of amides is 1. The lowest BCUT2D eigenvalue weighted by molar-refractivity contribution is 0.166. The van der Waals surface area contributed by atoms with Crippen molar-refractivity contribution in [2.45, 2.75) is 11.8 Å². The molecule has 0 saturated carbocycles. The molecule has 0 unspecified atom stereocenters. The van der Waals surface area contributed by atoms with E-state index in [1.54, 1.807) is 31.2 Å². The van der Waals surface area contributed by atoms with Crippen LogP contribution in [-0.4, -0.2) is 16.6 Å². The number of carbonyl (C=O) groups is 1. The number of benzene rings is 1. The molecule has 0 atom stereocenters. The first-order chi connectivity index (χ1) is 7.59. The van der Waals surface area contributed by atoms with Gasteiger partial charge in [-0.25, -0.2) is 4.79 Å². The van der Waals surface area contributed by atoms with Crippen LogP contribution in [0.4, 0.5) is 10.5 Å². The second-order valence-electron chi connectivity index (χ2n) is 2.90. The molecular formula is C10H10Cl2N2O2. The van der Waals surface area contributed by atoms with E-state index in [4.69, 9.17) is 23.2 Å². The van der Waals surface area contributed by atoms with Crippen LogP contribution in [-0.2, 0) is 4.84 Å². The van der Waals surface area contributed by atoms with Gasteiger partial charge in [-0.05, 0) is 19.1 Å². The van der Waals surface area contributed by atoms with Gasteiger partial charge < -0.3 is 0 Å². The molecule has 0 spiro atoms. The number of hydrogen-bond donors (Lipinski definition) is 1. The van der Waals surface area contributed by atoms with E-state index in [1.165, 1.54) is 0 Å². The molecule has 0 aromatic heterocycles. The summed E-state index contributed by atoms with van der Waals surface area (Å²) in [6.45, 7) is 1.56. The number of anilines is 1. The minimum absolute atomic E-state index is 0.312. The molecule has 0 aliphatic heterocycles. The van der Waals surface area contributed by atoms with Crippen molar-refractivity contribution in [1.29, 1.82) is 0 Å². The zero-order chi connectivity index (χ0) is 12.0. The smallest absolute Gasteiger partial charge is 0.298 e. The summed E-state index contributed by atoms with van der Waals surface area (Å²) in [5.41, 5.74) is 0.931. The van der Waals surface area contributed by atoms with Gasteiger partial charge in [0.05, 0.1) is 5.71 Å². The molecule has 1 rings (SSSR count). The van der Waals surface area contributed by atoms with Gasteiger partial charge in [0.1, 0.15) is 4.84 Å². The van der Waals surface area contributed by atoms with Gasteiger partial charge in [-0.3, -0.25) is 10.2 Å². The molecule has 0 radical (unpaired) electrons. The van der Waals surface area contributed by atoms with Gasteiger partial charge in [0.25, 0.3) is 0 Å². The SMILES string of the molecule is CC(=NOC(=O)Nc1ccccc1)C(Cl)Cl. The second-order valence-corrected chi connectivity index (χ2v) is 4.00. The fourth-order valence-corrected chi connectivity index (χ4v) is 0.895. The summed E-state index contributed by atoms with van der Waals surface area (Å²) in [5.74, 6) is 0. The van der Waals surface area contributed by atoms with E-state index < -0.39 is 10.9 Å². The van der Waals surface area contributed by atoms with Crippen LogP contribution in [0, 0.1) is 0 Å². The van der Waals surface area contributed by atoms with E-state index >= 15 is 0 Å². The van der Waals surface area contributed by atoms with Gasteiger partial charge in [-0.1, -0.05) is 46.6 Å². The molecule has 0 aliphatic carbocycles. The number of carbonyl (C=O) groups excluding carboxylic acids is 1. The number of hydrogen-bond acceptors (Lipinski definition) is 3. The standard InChI is InChI=1S/C10H10Cl2N2O2/c1-7(9(11)12)14-16-10(15)13-8-5-3-2-4-6-8/h2-6,9H,1H3,(H,13,15). The molecule has 0 aliphatic rings. The summed E-state index contributed by atoms with van der Waals surface area (Å²) in [6, 6.07) is 8.87. The third kappa shape index (κ3) is 4.51. The van der Waals surface area contributed by atoms with Crippen LogP contribution in [0.1, 0.15) is 6.92 Å². The van der Waals surface area contributed by atoms with Crippen LogP contribution < -0.4 is 5.32 Å². The number of para-hydroxylation sites is 1. The van der Waals surface area contributed by atoms with Crippen molar-refractivity contribution in [3.05, 3.63) is 30.3 Å². The number of alkyl halides is 2. The molecular weight excluding hydrogens is 251 g/mol. The van der Waals surface area contributed by atoms with Crippen molar-refractivity contribution in [3.63, 3.8) is 0 Å². The highest BCUT2D eigenvalue weighted by Crippen LogP contribution is 2.07. The number of halogens is 2. The van der Waals surface area contributed by atoms with E-state index in [0.29, 0.717) is 11.4 Å². The average molecular weight is 261 g/mol. The van der Waals surface area contributed by atoms with Gasteiger partial charge >= 0.3 is 6.09 Å². The Balaban J connectivity index is 2.46. The molecule has 1 aromatic rings. The van der Waals surface area contributed by atoms with Crippen LogP contribution >= 0.6 is 23.2 Å². The molecule has 4 nitrogen and oxygen atoms in total. The van der Waals surface area contributed by atoms with Crippen molar-refractivity contribution in [2.24, 2.45) is 5.16 Å². The third-order valence-corrected chi connectivity index (χ3v) is 2.24. The molecule has 0 heterocycles. The summed E-state index contributed by atoms with van der Waals surface area (Å²) in [6.07, 6.45) is -0.695. The van der Waals surface area contributed by atoms with Gasteiger partial charge in [0, 0.05) is 5.69 Å². The van der Waals surface area contributed by atoms with Crippen LogP contribution in [0.2, 0.25) is 0 Å². The average Bonchev–Trinajstić information content (AvgIpc) is 2.27. The lowest BCUT2D eigenvalue weighted by Gasteiger charge is -2.03. The summed E-state index contributed by atoms with van der Waals surface area (Å²) in [5, 5.41) is 5.94. The van der Waals surface area contributed by atoms with E-state index in [1.807, 2.05) is 6.07 Å². The first-order valence-corrected chi connectivity index (χ1v) is 5.32. The zero-order valence-corrected chi connectivity index (χ0v) is 10.00. The third-order valence-electron chi connectivity index (χ3n) is 1.61. The molecule has 6 heteroatoms. The maximum atomic E-state index is 11.2. The minimum atomic E-state index is -0.787. The Morgan fingerprint density at radius 2 is 2.00 bits per heavy atom. The quantitative estimate of drug-likeness (QED) is 0.392. The Morgan fingerprint density at radius 1 is 1.38 bits per heavy atom.